The predicted molar refractivity (Wildman–Crippen MR) is 78.8 cm³/mol. The number of hydrogen-bond donors (Lipinski definition) is 0. The summed E-state index contributed by atoms with van der Waals surface area (Å²) in [6, 6.07) is 0. The average Bonchev–Trinajstić information content (AvgIpc) is 2.43. The van der Waals surface area contributed by atoms with Crippen LogP contribution in [0.3, 0.4) is 0 Å². The second-order valence-electron chi connectivity index (χ2n) is 4.44. The molecule has 1 aliphatic heterocycles. The third-order valence-corrected chi connectivity index (χ3v) is 2.84. The highest BCUT2D eigenvalue weighted by Crippen LogP contribution is 1.89. The van der Waals surface area contributed by atoms with E-state index in [-0.39, 0.29) is 0 Å². The first kappa shape index (κ1) is 18.8. The van der Waals surface area contributed by atoms with Crippen LogP contribution in [-0.2, 0) is 14.2 Å². The summed E-state index contributed by atoms with van der Waals surface area (Å²) in [7, 11) is 4.18. The molecule has 116 valence electrons. The molecule has 1 rings (SSSR count). The molecule has 1 saturated heterocycles. The van der Waals surface area contributed by atoms with Gasteiger partial charge in [0.25, 0.3) is 0 Å². The molecular formula is C14H32N2O3. The molecule has 1 fully saturated rings. The Morgan fingerprint density at radius 1 is 0.526 bits per heavy atom. The normalized spacial score (nSPS) is 22.7. The van der Waals surface area contributed by atoms with Crippen LogP contribution in [0.2, 0.25) is 0 Å². The van der Waals surface area contributed by atoms with Gasteiger partial charge < -0.3 is 24.0 Å². The fourth-order valence-corrected chi connectivity index (χ4v) is 1.53. The van der Waals surface area contributed by atoms with Crippen molar-refractivity contribution in [2.75, 3.05) is 79.9 Å². The lowest BCUT2D eigenvalue weighted by molar-refractivity contribution is 0.0360. The van der Waals surface area contributed by atoms with Gasteiger partial charge in [-0.15, -0.1) is 0 Å². The van der Waals surface area contributed by atoms with Crippen molar-refractivity contribution >= 4 is 0 Å². The maximum Gasteiger partial charge on any atom is 0.0701 e. The van der Waals surface area contributed by atoms with Gasteiger partial charge in [0.2, 0.25) is 0 Å². The van der Waals surface area contributed by atoms with Crippen LogP contribution in [-0.4, -0.2) is 89.7 Å². The van der Waals surface area contributed by atoms with Gasteiger partial charge >= 0.3 is 0 Å². The largest absolute Gasteiger partial charge is 0.379 e. The van der Waals surface area contributed by atoms with Crippen molar-refractivity contribution in [3.63, 3.8) is 0 Å². The monoisotopic (exact) mass is 276 g/mol. The van der Waals surface area contributed by atoms with Gasteiger partial charge in [-0.2, -0.15) is 0 Å². The molecule has 19 heavy (non-hydrogen) atoms. The number of likely N-dealkylation sites (N-methyl/N-ethyl adjacent to an activating group) is 2. The first-order chi connectivity index (χ1) is 9.29. The van der Waals surface area contributed by atoms with E-state index in [0.717, 1.165) is 52.6 Å². The molecule has 0 aliphatic carbocycles. The van der Waals surface area contributed by atoms with Gasteiger partial charge in [0, 0.05) is 26.2 Å². The van der Waals surface area contributed by atoms with E-state index in [9.17, 15) is 0 Å². The minimum absolute atomic E-state index is 0.689. The SMILES string of the molecule is CC.CN1CCOCCOCCN(C)CCOCC1. The van der Waals surface area contributed by atoms with Crippen LogP contribution in [0.4, 0.5) is 0 Å². The van der Waals surface area contributed by atoms with E-state index in [1.807, 2.05) is 13.8 Å². The number of hydrogen-bond acceptors (Lipinski definition) is 5. The molecule has 0 amide bonds. The topological polar surface area (TPSA) is 34.2 Å². The van der Waals surface area contributed by atoms with E-state index in [2.05, 4.69) is 23.9 Å². The van der Waals surface area contributed by atoms with Crippen molar-refractivity contribution in [3.05, 3.63) is 0 Å². The highest BCUT2D eigenvalue weighted by Gasteiger charge is 2.02. The lowest BCUT2D eigenvalue weighted by Gasteiger charge is -2.17. The van der Waals surface area contributed by atoms with Crippen molar-refractivity contribution in [1.29, 1.82) is 0 Å². The molecule has 0 radical (unpaired) electrons. The molecule has 1 aliphatic rings. The quantitative estimate of drug-likeness (QED) is 0.658. The van der Waals surface area contributed by atoms with Crippen molar-refractivity contribution < 1.29 is 14.2 Å². The molecule has 0 saturated carbocycles. The van der Waals surface area contributed by atoms with E-state index < -0.39 is 0 Å². The van der Waals surface area contributed by atoms with E-state index in [1.54, 1.807) is 0 Å². The molecule has 0 aromatic carbocycles. The first-order valence-electron chi connectivity index (χ1n) is 7.39. The van der Waals surface area contributed by atoms with Gasteiger partial charge in [-0.1, -0.05) is 13.8 Å². The summed E-state index contributed by atoms with van der Waals surface area (Å²) >= 11 is 0. The van der Waals surface area contributed by atoms with Crippen LogP contribution in [0.5, 0.6) is 0 Å². The Morgan fingerprint density at radius 2 is 0.789 bits per heavy atom. The van der Waals surface area contributed by atoms with Crippen molar-refractivity contribution in [1.82, 2.24) is 9.80 Å². The Morgan fingerprint density at radius 3 is 1.11 bits per heavy atom. The minimum Gasteiger partial charge on any atom is -0.379 e. The molecule has 0 aromatic heterocycles. The van der Waals surface area contributed by atoms with E-state index in [4.69, 9.17) is 14.2 Å². The second-order valence-corrected chi connectivity index (χ2v) is 4.44. The van der Waals surface area contributed by atoms with Gasteiger partial charge in [-0.05, 0) is 14.1 Å². The number of ether oxygens (including phenoxy) is 3. The molecule has 0 N–H and O–H groups in total. The molecule has 0 aromatic rings. The standard InChI is InChI=1S/C12H26N2O3.C2H6/c1-13-3-7-15-8-4-14(2)6-10-17-12-11-16-9-5-13;1-2/h3-12H2,1-2H3;1-2H3. The van der Waals surface area contributed by atoms with Crippen LogP contribution in [0, 0.1) is 0 Å². The van der Waals surface area contributed by atoms with Crippen LogP contribution in [0.25, 0.3) is 0 Å². The van der Waals surface area contributed by atoms with E-state index in [0.29, 0.717) is 13.2 Å². The lowest BCUT2D eigenvalue weighted by atomic mass is 10.5. The smallest absolute Gasteiger partial charge is 0.0701 e. The average molecular weight is 276 g/mol. The fourth-order valence-electron chi connectivity index (χ4n) is 1.53. The van der Waals surface area contributed by atoms with Crippen LogP contribution in [0.15, 0.2) is 0 Å². The highest BCUT2D eigenvalue weighted by molar-refractivity contribution is 4.53. The molecule has 0 atom stereocenters. The maximum atomic E-state index is 5.59. The maximum absolute atomic E-state index is 5.59. The van der Waals surface area contributed by atoms with Crippen molar-refractivity contribution in [2.24, 2.45) is 0 Å². The van der Waals surface area contributed by atoms with Gasteiger partial charge in [0.05, 0.1) is 39.6 Å². The Hall–Kier alpha value is -0.200. The van der Waals surface area contributed by atoms with Crippen molar-refractivity contribution in [2.45, 2.75) is 13.8 Å². The second kappa shape index (κ2) is 14.2. The first-order valence-corrected chi connectivity index (χ1v) is 7.39. The Balaban J connectivity index is 0.00000154. The molecule has 1 heterocycles. The molecule has 0 spiro atoms. The molecule has 0 unspecified atom stereocenters. The van der Waals surface area contributed by atoms with Crippen LogP contribution in [0.1, 0.15) is 13.8 Å². The van der Waals surface area contributed by atoms with E-state index >= 15 is 0 Å². The Kier molecular flexibility index (Phi) is 14.1. The number of rotatable bonds is 0. The molecule has 5 nitrogen and oxygen atoms in total. The van der Waals surface area contributed by atoms with Gasteiger partial charge in [-0.25, -0.2) is 0 Å². The summed E-state index contributed by atoms with van der Waals surface area (Å²) < 4.78 is 16.6. The zero-order valence-corrected chi connectivity index (χ0v) is 13.2. The van der Waals surface area contributed by atoms with E-state index in [1.165, 1.54) is 0 Å². The molecular weight excluding hydrogens is 244 g/mol. The Labute approximate surface area is 118 Å². The zero-order valence-electron chi connectivity index (χ0n) is 13.2. The summed E-state index contributed by atoms with van der Waals surface area (Å²) in [4.78, 5) is 4.45. The summed E-state index contributed by atoms with van der Waals surface area (Å²) in [6.45, 7) is 12.3. The highest BCUT2D eigenvalue weighted by atomic mass is 16.5. The van der Waals surface area contributed by atoms with Crippen LogP contribution >= 0.6 is 0 Å². The number of nitrogens with zero attached hydrogens (tertiary/aromatic N) is 2. The summed E-state index contributed by atoms with van der Waals surface area (Å²) in [5, 5.41) is 0. The van der Waals surface area contributed by atoms with Gasteiger partial charge in [-0.3, -0.25) is 0 Å². The summed E-state index contributed by atoms with van der Waals surface area (Å²) in [5.41, 5.74) is 0. The third-order valence-electron chi connectivity index (χ3n) is 2.84. The predicted octanol–water partition coefficient (Wildman–Crippen LogP) is 0.940. The fraction of sp³-hybridized carbons (Fsp3) is 1.00. The minimum atomic E-state index is 0.689. The molecule has 0 bridgehead atoms. The lowest BCUT2D eigenvalue weighted by Crippen LogP contribution is -2.29. The molecule has 5 heteroatoms. The zero-order chi connectivity index (χ0) is 14.3. The summed E-state index contributed by atoms with van der Waals surface area (Å²) in [6.07, 6.45) is 0. The third kappa shape index (κ3) is 12.6. The van der Waals surface area contributed by atoms with Gasteiger partial charge in [0.15, 0.2) is 0 Å². The van der Waals surface area contributed by atoms with Gasteiger partial charge in [0.1, 0.15) is 0 Å². The Bertz CT molecular complexity index is 164. The van der Waals surface area contributed by atoms with Crippen molar-refractivity contribution in [3.8, 4) is 0 Å². The summed E-state index contributed by atoms with van der Waals surface area (Å²) in [5.74, 6) is 0. The van der Waals surface area contributed by atoms with Crippen LogP contribution < -0.4 is 0 Å².